The molecule has 0 unspecified atom stereocenters. The first kappa shape index (κ1) is 23.3. The Morgan fingerprint density at radius 3 is 2.68 bits per heavy atom. The van der Waals surface area contributed by atoms with E-state index in [-0.39, 0.29) is 11.9 Å². The van der Waals surface area contributed by atoms with Gasteiger partial charge in [0.15, 0.2) is 0 Å². The summed E-state index contributed by atoms with van der Waals surface area (Å²) in [6.07, 6.45) is 4.02. The zero-order valence-electron chi connectivity index (χ0n) is 19.9. The van der Waals surface area contributed by atoms with Gasteiger partial charge in [-0.2, -0.15) is 0 Å². The Labute approximate surface area is 187 Å². The molecule has 3 rings (SSSR count). The Kier molecular flexibility index (Phi) is 7.37. The van der Waals surface area contributed by atoms with Gasteiger partial charge < -0.3 is 10.1 Å². The molecule has 2 atom stereocenters. The van der Waals surface area contributed by atoms with Gasteiger partial charge in [-0.1, -0.05) is 32.9 Å². The number of carbonyl (C=O) groups is 1. The maximum absolute atomic E-state index is 12.8. The summed E-state index contributed by atoms with van der Waals surface area (Å²) in [4.78, 5) is 20.0. The summed E-state index contributed by atoms with van der Waals surface area (Å²) < 4.78 is 5.47. The molecular formula is C26H37N3O2. The minimum absolute atomic E-state index is 0.0712. The van der Waals surface area contributed by atoms with Gasteiger partial charge >= 0.3 is 0 Å². The molecule has 2 aromatic rings. The van der Waals surface area contributed by atoms with Crippen LogP contribution in [0.5, 0.6) is 5.75 Å². The highest BCUT2D eigenvalue weighted by Crippen LogP contribution is 2.32. The second kappa shape index (κ2) is 9.82. The summed E-state index contributed by atoms with van der Waals surface area (Å²) in [5, 5.41) is 3.32. The standard InChI is InChI=1S/C26H37N3O2/c1-18-15-23(31-6)19(2)14-21(18)17-29-13-9-10-20(16-29)24(22-11-7-8-12-27-22)28-25(30)26(3,4)5/h7-8,11-12,14-15,20,24H,9-10,13,16-17H2,1-6H3,(H,28,30)/t20-,24-/m1/s1. The highest BCUT2D eigenvalue weighted by Gasteiger charge is 2.33. The molecule has 31 heavy (non-hydrogen) atoms. The first-order valence-corrected chi connectivity index (χ1v) is 11.3. The van der Waals surface area contributed by atoms with E-state index >= 15 is 0 Å². The number of nitrogens with one attached hydrogen (secondary N) is 1. The SMILES string of the molecule is COc1cc(C)c(CN2CCC[C@@H]([C@@H](NC(=O)C(C)(C)C)c3ccccn3)C2)cc1C. The molecular weight excluding hydrogens is 386 g/mol. The fraction of sp³-hybridized carbons (Fsp3) is 0.538. The molecule has 0 spiro atoms. The van der Waals surface area contributed by atoms with Gasteiger partial charge in [-0.05, 0) is 74.0 Å². The average molecular weight is 424 g/mol. The van der Waals surface area contributed by atoms with Crippen LogP contribution >= 0.6 is 0 Å². The maximum atomic E-state index is 12.8. The monoisotopic (exact) mass is 423 g/mol. The van der Waals surface area contributed by atoms with Gasteiger partial charge in [-0.25, -0.2) is 0 Å². The normalized spacial score (nSPS) is 18.5. The predicted octanol–water partition coefficient (Wildman–Crippen LogP) is 4.82. The number of carbonyl (C=O) groups excluding carboxylic acids is 1. The number of benzene rings is 1. The zero-order chi connectivity index (χ0) is 22.6. The van der Waals surface area contributed by atoms with Gasteiger partial charge in [-0.3, -0.25) is 14.7 Å². The van der Waals surface area contributed by atoms with Gasteiger partial charge in [0.25, 0.3) is 0 Å². The van der Waals surface area contributed by atoms with Gasteiger partial charge in [0.05, 0.1) is 18.8 Å². The first-order valence-electron chi connectivity index (χ1n) is 11.3. The van der Waals surface area contributed by atoms with Crippen LogP contribution in [0.4, 0.5) is 0 Å². The number of likely N-dealkylation sites (tertiary alicyclic amines) is 1. The number of rotatable bonds is 6. The van der Waals surface area contributed by atoms with Crippen LogP contribution in [-0.2, 0) is 11.3 Å². The lowest BCUT2D eigenvalue weighted by atomic mass is 9.86. The molecule has 1 aliphatic rings. The maximum Gasteiger partial charge on any atom is 0.225 e. The lowest BCUT2D eigenvalue weighted by Gasteiger charge is -2.38. The van der Waals surface area contributed by atoms with Crippen molar-refractivity contribution in [2.24, 2.45) is 11.3 Å². The summed E-state index contributed by atoms with van der Waals surface area (Å²) in [7, 11) is 1.72. The van der Waals surface area contributed by atoms with Crippen molar-refractivity contribution in [2.45, 2.75) is 60.0 Å². The largest absolute Gasteiger partial charge is 0.496 e. The minimum atomic E-state index is -0.431. The molecule has 1 fully saturated rings. The Hall–Kier alpha value is -2.40. The molecule has 0 saturated carbocycles. The van der Waals surface area contributed by atoms with Crippen LogP contribution in [0.1, 0.15) is 62.0 Å². The van der Waals surface area contributed by atoms with E-state index in [1.807, 2.05) is 45.2 Å². The Bertz CT molecular complexity index is 890. The topological polar surface area (TPSA) is 54.5 Å². The summed E-state index contributed by atoms with van der Waals surface area (Å²) in [5.74, 6) is 1.34. The third-order valence-electron chi connectivity index (χ3n) is 6.23. The van der Waals surface area contributed by atoms with Crippen LogP contribution in [0.15, 0.2) is 36.5 Å². The van der Waals surface area contributed by atoms with Crippen molar-refractivity contribution in [1.82, 2.24) is 15.2 Å². The van der Waals surface area contributed by atoms with Crippen molar-refractivity contribution in [3.05, 3.63) is 58.9 Å². The molecule has 0 aliphatic carbocycles. The van der Waals surface area contributed by atoms with E-state index < -0.39 is 5.41 Å². The second-order valence-corrected chi connectivity index (χ2v) is 9.84. The van der Waals surface area contributed by atoms with Crippen molar-refractivity contribution >= 4 is 5.91 Å². The molecule has 5 heteroatoms. The Morgan fingerprint density at radius 1 is 1.26 bits per heavy atom. The van der Waals surface area contributed by atoms with E-state index in [2.05, 4.69) is 41.2 Å². The average Bonchev–Trinajstić information content (AvgIpc) is 2.74. The lowest BCUT2D eigenvalue weighted by Crippen LogP contribution is -2.45. The molecule has 5 nitrogen and oxygen atoms in total. The molecule has 1 amide bonds. The molecule has 0 bridgehead atoms. The number of piperidine rings is 1. The number of hydrogen-bond acceptors (Lipinski definition) is 4. The third-order valence-corrected chi connectivity index (χ3v) is 6.23. The van der Waals surface area contributed by atoms with E-state index in [1.54, 1.807) is 7.11 Å². The second-order valence-electron chi connectivity index (χ2n) is 9.84. The number of nitrogens with zero attached hydrogens (tertiary/aromatic N) is 2. The lowest BCUT2D eigenvalue weighted by molar-refractivity contribution is -0.130. The molecule has 1 aromatic heterocycles. The van der Waals surface area contributed by atoms with Crippen LogP contribution in [0, 0.1) is 25.2 Å². The van der Waals surface area contributed by atoms with Crippen LogP contribution in [0.25, 0.3) is 0 Å². The number of methoxy groups -OCH3 is 1. The summed E-state index contributed by atoms with van der Waals surface area (Å²) in [6.45, 7) is 13.0. The van der Waals surface area contributed by atoms with E-state index in [0.29, 0.717) is 5.92 Å². The fourth-order valence-electron chi connectivity index (χ4n) is 4.34. The third kappa shape index (κ3) is 5.85. The van der Waals surface area contributed by atoms with E-state index in [0.717, 1.165) is 43.9 Å². The van der Waals surface area contributed by atoms with Gasteiger partial charge in [-0.15, -0.1) is 0 Å². The highest BCUT2D eigenvalue weighted by atomic mass is 16.5. The van der Waals surface area contributed by atoms with E-state index in [4.69, 9.17) is 4.74 Å². The summed E-state index contributed by atoms with van der Waals surface area (Å²) in [5.41, 5.74) is 4.28. The van der Waals surface area contributed by atoms with Crippen LogP contribution in [0.3, 0.4) is 0 Å². The number of hydrogen-bond donors (Lipinski definition) is 1. The highest BCUT2D eigenvalue weighted by molar-refractivity contribution is 5.81. The van der Waals surface area contributed by atoms with Gasteiger partial charge in [0, 0.05) is 24.7 Å². The molecule has 2 heterocycles. The molecule has 0 radical (unpaired) electrons. The summed E-state index contributed by atoms with van der Waals surface area (Å²) >= 11 is 0. The van der Waals surface area contributed by atoms with E-state index in [9.17, 15) is 4.79 Å². The summed E-state index contributed by atoms with van der Waals surface area (Å²) in [6, 6.07) is 10.3. The Balaban J connectivity index is 1.79. The van der Waals surface area contributed by atoms with Crippen molar-refractivity contribution in [3.8, 4) is 5.75 Å². The van der Waals surface area contributed by atoms with Crippen molar-refractivity contribution in [3.63, 3.8) is 0 Å². The van der Waals surface area contributed by atoms with E-state index in [1.165, 1.54) is 16.7 Å². The minimum Gasteiger partial charge on any atom is -0.496 e. The van der Waals surface area contributed by atoms with Crippen molar-refractivity contribution in [1.29, 1.82) is 0 Å². The molecule has 1 aliphatic heterocycles. The van der Waals surface area contributed by atoms with Crippen molar-refractivity contribution in [2.75, 3.05) is 20.2 Å². The van der Waals surface area contributed by atoms with Crippen LogP contribution < -0.4 is 10.1 Å². The number of ether oxygens (including phenoxy) is 1. The number of amides is 1. The number of aryl methyl sites for hydroxylation is 2. The van der Waals surface area contributed by atoms with Crippen LogP contribution in [0.2, 0.25) is 0 Å². The fourth-order valence-corrected chi connectivity index (χ4v) is 4.34. The quantitative estimate of drug-likeness (QED) is 0.724. The molecule has 1 N–H and O–H groups in total. The predicted molar refractivity (Wildman–Crippen MR) is 125 cm³/mol. The molecule has 1 saturated heterocycles. The molecule has 168 valence electrons. The zero-order valence-corrected chi connectivity index (χ0v) is 19.9. The van der Waals surface area contributed by atoms with Gasteiger partial charge in [0.1, 0.15) is 5.75 Å². The van der Waals surface area contributed by atoms with Crippen molar-refractivity contribution < 1.29 is 9.53 Å². The first-order chi connectivity index (χ1) is 14.7. The van der Waals surface area contributed by atoms with Crippen LogP contribution in [-0.4, -0.2) is 36.0 Å². The van der Waals surface area contributed by atoms with Gasteiger partial charge in [0.2, 0.25) is 5.91 Å². The number of pyridine rings is 1. The smallest absolute Gasteiger partial charge is 0.225 e. The molecule has 1 aromatic carbocycles. The Morgan fingerprint density at radius 2 is 2.03 bits per heavy atom. The number of aromatic nitrogens is 1.